The summed E-state index contributed by atoms with van der Waals surface area (Å²) >= 11 is 22.6. The number of thiol groups is 4. The smallest absolute Gasteiger partial charge is 0.148 e. The summed E-state index contributed by atoms with van der Waals surface area (Å²) in [6.07, 6.45) is 0. The fourth-order valence-electron chi connectivity index (χ4n) is 2.21. The Morgan fingerprint density at radius 3 is 1.23 bits per heavy atom. The molecule has 0 amide bonds. The zero-order chi connectivity index (χ0) is 26.3. The molecule has 0 aliphatic heterocycles. The maximum absolute atomic E-state index is 6.04. The molecule has 35 heavy (non-hydrogen) atoms. The summed E-state index contributed by atoms with van der Waals surface area (Å²) in [5.74, 6) is 3.37. The molecule has 0 saturated heterocycles. The molecule has 6 atom stereocenters. The molecule has 13 heteroatoms. The minimum absolute atomic E-state index is 0.0882. The van der Waals surface area contributed by atoms with E-state index in [1.165, 1.54) is 0 Å². The van der Waals surface area contributed by atoms with E-state index in [0.29, 0.717) is 39.6 Å². The third-order valence-corrected chi connectivity index (χ3v) is 7.88. The van der Waals surface area contributed by atoms with Gasteiger partial charge in [0.15, 0.2) is 0 Å². The average Bonchev–Trinajstić information content (AvgIpc) is 2.77. The summed E-state index contributed by atoms with van der Waals surface area (Å²) in [6, 6.07) is 0. The van der Waals surface area contributed by atoms with Crippen molar-refractivity contribution in [2.75, 3.05) is 76.2 Å². The Morgan fingerprint density at radius 2 is 0.886 bits per heavy atom. The van der Waals surface area contributed by atoms with Gasteiger partial charge in [0, 0.05) is 44.0 Å². The highest BCUT2D eigenvalue weighted by Crippen LogP contribution is 2.27. The van der Waals surface area contributed by atoms with Crippen LogP contribution < -0.4 is 0 Å². The zero-order valence-electron chi connectivity index (χ0n) is 21.4. The second-order valence-electron chi connectivity index (χ2n) is 8.00. The van der Waals surface area contributed by atoms with Crippen molar-refractivity contribution in [3.05, 3.63) is 0 Å². The van der Waals surface area contributed by atoms with Crippen LogP contribution in [0.5, 0.6) is 0 Å². The minimum Gasteiger partial charge on any atom is -0.379 e. The minimum atomic E-state index is -0.0882. The summed E-state index contributed by atoms with van der Waals surface area (Å²) in [5.41, 5.74) is -0.176. The van der Waals surface area contributed by atoms with Crippen LogP contribution in [0.3, 0.4) is 0 Å². The SMILES string of the molecule is CC(S)COCCSCC(OCOCC(C)S)SC(CSCCOCC(C)S)OCOCC(C)S. The highest BCUT2D eigenvalue weighted by Gasteiger charge is 2.19. The van der Waals surface area contributed by atoms with Crippen molar-refractivity contribution >= 4 is 85.8 Å². The number of ether oxygens (including phenoxy) is 6. The largest absolute Gasteiger partial charge is 0.379 e. The monoisotopic (exact) mass is 630 g/mol. The van der Waals surface area contributed by atoms with Crippen LogP contribution in [0.2, 0.25) is 0 Å². The maximum Gasteiger partial charge on any atom is 0.148 e. The summed E-state index contributed by atoms with van der Waals surface area (Å²) in [6.45, 7) is 12.2. The lowest BCUT2D eigenvalue weighted by Gasteiger charge is -2.24. The summed E-state index contributed by atoms with van der Waals surface area (Å²) in [4.78, 5) is 0. The Morgan fingerprint density at radius 1 is 0.543 bits per heavy atom. The predicted octanol–water partition coefficient (Wildman–Crippen LogP) is 5.13. The lowest BCUT2D eigenvalue weighted by molar-refractivity contribution is -0.0652. The quantitative estimate of drug-likeness (QED) is 0.0593. The maximum atomic E-state index is 6.04. The molecular formula is C22H46O6S7. The molecule has 0 bridgehead atoms. The van der Waals surface area contributed by atoms with E-state index < -0.39 is 0 Å². The lowest BCUT2D eigenvalue weighted by Crippen LogP contribution is -2.24. The van der Waals surface area contributed by atoms with Gasteiger partial charge in [-0.3, -0.25) is 0 Å². The van der Waals surface area contributed by atoms with E-state index in [2.05, 4.69) is 50.5 Å². The van der Waals surface area contributed by atoms with Crippen molar-refractivity contribution in [3.63, 3.8) is 0 Å². The van der Waals surface area contributed by atoms with Crippen molar-refractivity contribution < 1.29 is 28.4 Å². The van der Waals surface area contributed by atoms with Crippen molar-refractivity contribution in [1.82, 2.24) is 0 Å². The molecule has 0 saturated carbocycles. The number of thioether (sulfide) groups is 3. The van der Waals surface area contributed by atoms with E-state index in [1.807, 2.05) is 27.7 Å². The molecule has 0 aromatic rings. The highest BCUT2D eigenvalue weighted by atomic mass is 32.2. The van der Waals surface area contributed by atoms with Crippen molar-refractivity contribution in [2.45, 2.75) is 59.6 Å². The summed E-state index contributed by atoms with van der Waals surface area (Å²) in [7, 11) is 0. The van der Waals surface area contributed by atoms with Crippen LogP contribution in [-0.2, 0) is 28.4 Å². The fraction of sp³-hybridized carbons (Fsp3) is 1.00. The van der Waals surface area contributed by atoms with Gasteiger partial charge < -0.3 is 28.4 Å². The van der Waals surface area contributed by atoms with E-state index in [4.69, 9.17) is 28.4 Å². The third kappa shape index (κ3) is 29.0. The zero-order valence-corrected chi connectivity index (χ0v) is 27.4. The number of hydrogen-bond donors (Lipinski definition) is 4. The van der Waals surface area contributed by atoms with E-state index in [-0.39, 0.29) is 45.5 Å². The standard InChI is InChI=1S/C22H46O6S7/c1-17(29)9-23-5-7-33-13-21(27-15-25-11-19(3)31)35-22(28-16-26-12-20(4)32)14-34-8-6-24-10-18(2)30/h17-22,29-32H,5-16H2,1-4H3. The molecule has 6 unspecified atom stereocenters. The van der Waals surface area contributed by atoms with Gasteiger partial charge in [-0.25, -0.2) is 0 Å². The molecule has 0 aromatic heterocycles. The molecule has 6 nitrogen and oxygen atoms in total. The average molecular weight is 631 g/mol. The molecule has 0 rings (SSSR count). The number of hydrogen-bond acceptors (Lipinski definition) is 13. The fourth-order valence-corrected chi connectivity index (χ4v) is 5.83. The first-order valence-electron chi connectivity index (χ1n) is 11.8. The van der Waals surface area contributed by atoms with Crippen LogP contribution in [0.15, 0.2) is 0 Å². The third-order valence-electron chi connectivity index (χ3n) is 3.67. The second kappa shape index (κ2) is 26.4. The summed E-state index contributed by atoms with van der Waals surface area (Å²) < 4.78 is 34.5. The van der Waals surface area contributed by atoms with Crippen molar-refractivity contribution in [2.24, 2.45) is 0 Å². The van der Waals surface area contributed by atoms with Crippen molar-refractivity contribution in [3.8, 4) is 0 Å². The molecule has 0 aliphatic rings. The van der Waals surface area contributed by atoms with Crippen LogP contribution in [0.1, 0.15) is 27.7 Å². The van der Waals surface area contributed by atoms with Gasteiger partial charge in [0.05, 0.1) is 39.6 Å². The molecule has 0 fully saturated rings. The topological polar surface area (TPSA) is 55.4 Å². The Balaban J connectivity index is 4.65. The Labute approximate surface area is 248 Å². The van der Waals surface area contributed by atoms with Crippen molar-refractivity contribution in [1.29, 1.82) is 0 Å². The van der Waals surface area contributed by atoms with Gasteiger partial charge in [-0.2, -0.15) is 74.0 Å². The second-order valence-corrected chi connectivity index (χ2v) is 15.2. The number of rotatable bonds is 26. The van der Waals surface area contributed by atoms with Gasteiger partial charge in [-0.05, 0) is 0 Å². The Bertz CT molecular complexity index is 413. The molecule has 212 valence electrons. The molecule has 0 aromatic carbocycles. The lowest BCUT2D eigenvalue weighted by atomic mass is 10.5. The van der Waals surface area contributed by atoms with Crippen LogP contribution in [0.4, 0.5) is 0 Å². The van der Waals surface area contributed by atoms with Gasteiger partial charge in [-0.1, -0.05) is 39.5 Å². The predicted molar refractivity (Wildman–Crippen MR) is 169 cm³/mol. The molecule has 0 spiro atoms. The first-order chi connectivity index (χ1) is 16.7. The van der Waals surface area contributed by atoms with E-state index in [0.717, 1.165) is 23.0 Å². The molecule has 0 aliphatic carbocycles. The van der Waals surface area contributed by atoms with Gasteiger partial charge in [0.1, 0.15) is 24.5 Å². The van der Waals surface area contributed by atoms with Gasteiger partial charge >= 0.3 is 0 Å². The van der Waals surface area contributed by atoms with Gasteiger partial charge in [0.25, 0.3) is 0 Å². The molecule has 0 heterocycles. The van der Waals surface area contributed by atoms with E-state index in [9.17, 15) is 0 Å². The Hall–Kier alpha value is 2.21. The van der Waals surface area contributed by atoms with Gasteiger partial charge in [-0.15, -0.1) is 0 Å². The molecule has 0 N–H and O–H groups in total. The van der Waals surface area contributed by atoms with Gasteiger partial charge in [0.2, 0.25) is 0 Å². The molecular weight excluding hydrogens is 585 g/mol. The van der Waals surface area contributed by atoms with Crippen LogP contribution in [0, 0.1) is 0 Å². The van der Waals surface area contributed by atoms with Crippen LogP contribution >= 0.6 is 85.8 Å². The van der Waals surface area contributed by atoms with Crippen LogP contribution in [-0.4, -0.2) is 108 Å². The highest BCUT2D eigenvalue weighted by molar-refractivity contribution is 8.05. The van der Waals surface area contributed by atoms with E-state index >= 15 is 0 Å². The van der Waals surface area contributed by atoms with Crippen LogP contribution in [0.25, 0.3) is 0 Å². The summed E-state index contributed by atoms with van der Waals surface area (Å²) in [5, 5.41) is 0.815. The first-order valence-corrected chi connectivity index (χ1v) is 17.1. The first kappa shape index (κ1) is 37.2. The van der Waals surface area contributed by atoms with E-state index in [1.54, 1.807) is 35.3 Å². The Kier molecular flexibility index (Phi) is 28.1. The normalized spacial score (nSPS) is 17.1. The molecule has 0 radical (unpaired) electrons.